The van der Waals surface area contributed by atoms with E-state index >= 15 is 0 Å². The number of hydrogen-bond donors (Lipinski definition) is 2. The summed E-state index contributed by atoms with van der Waals surface area (Å²) in [6, 6.07) is 0. The van der Waals surface area contributed by atoms with Crippen molar-refractivity contribution in [1.82, 2.24) is 0 Å². The molecule has 0 unspecified atom stereocenters. The number of rotatable bonds is 0. The molecule has 0 saturated heterocycles. The van der Waals surface area contributed by atoms with E-state index < -0.39 is 0 Å². The molecule has 0 spiro atoms. The summed E-state index contributed by atoms with van der Waals surface area (Å²) < 4.78 is 0. The molecule has 0 nitrogen and oxygen atoms in total. The lowest BCUT2D eigenvalue weighted by atomic mass is 10.4. The Labute approximate surface area is 55.5 Å². The number of thiol groups is 2. The standard InChI is InChI=1S/C5H5S2/c6-4-2-1-3-5(4)7/h1-3,6-7H. The van der Waals surface area contributed by atoms with Crippen molar-refractivity contribution in [1.29, 1.82) is 0 Å². The summed E-state index contributed by atoms with van der Waals surface area (Å²) in [7, 11) is 0. The van der Waals surface area contributed by atoms with Crippen LogP contribution in [0.4, 0.5) is 0 Å². The molecular formula is C5H5S2. The van der Waals surface area contributed by atoms with E-state index in [2.05, 4.69) is 25.3 Å². The van der Waals surface area contributed by atoms with Crippen LogP contribution in [-0.4, -0.2) is 0 Å². The van der Waals surface area contributed by atoms with Crippen LogP contribution in [0.1, 0.15) is 0 Å². The van der Waals surface area contributed by atoms with Gasteiger partial charge in [0, 0.05) is 10.5 Å². The van der Waals surface area contributed by atoms with Gasteiger partial charge < -0.3 is 0 Å². The summed E-state index contributed by atoms with van der Waals surface area (Å²) in [5.41, 5.74) is 0. The van der Waals surface area contributed by atoms with Crippen molar-refractivity contribution in [2.75, 3.05) is 0 Å². The van der Waals surface area contributed by atoms with Crippen molar-refractivity contribution in [2.45, 2.75) is 0 Å². The van der Waals surface area contributed by atoms with Gasteiger partial charge in [-0.3, -0.25) is 0 Å². The Kier molecular flexibility index (Phi) is 1.93. The predicted octanol–water partition coefficient (Wildman–Crippen LogP) is 1.54. The zero-order valence-electron chi connectivity index (χ0n) is 3.63. The third-order valence-electron chi connectivity index (χ3n) is 0.771. The SMILES string of the molecule is S[C]1[CH][CH][CH][C]1S. The maximum absolute atomic E-state index is 4.07. The average molecular weight is 129 g/mol. The third-order valence-corrected chi connectivity index (χ3v) is 1.73. The van der Waals surface area contributed by atoms with Crippen LogP contribution in [0.2, 0.25) is 0 Å². The molecule has 1 saturated carbocycles. The molecule has 0 aromatic rings. The van der Waals surface area contributed by atoms with Crippen molar-refractivity contribution >= 4 is 25.3 Å². The fourth-order valence-electron chi connectivity index (χ4n) is 0.401. The second-order valence-electron chi connectivity index (χ2n) is 1.30. The molecule has 0 N–H and O–H groups in total. The average Bonchev–Trinajstić information content (AvgIpc) is 1.91. The molecule has 0 bridgehead atoms. The first-order valence-electron chi connectivity index (χ1n) is 1.94. The molecule has 1 fully saturated rings. The first-order chi connectivity index (χ1) is 3.30. The van der Waals surface area contributed by atoms with Crippen LogP contribution < -0.4 is 0 Å². The summed E-state index contributed by atoms with van der Waals surface area (Å²) in [4.78, 5) is 0. The lowest BCUT2D eigenvalue weighted by Gasteiger charge is -2.00. The Morgan fingerprint density at radius 2 is 1.43 bits per heavy atom. The highest BCUT2D eigenvalue weighted by atomic mass is 32.1. The smallest absolute Gasteiger partial charge is 0.0486 e. The highest BCUT2D eigenvalue weighted by Gasteiger charge is 2.22. The molecule has 1 aliphatic rings. The van der Waals surface area contributed by atoms with Crippen molar-refractivity contribution in [2.24, 2.45) is 0 Å². The fraction of sp³-hybridized carbons (Fsp3) is 0. The van der Waals surface area contributed by atoms with Gasteiger partial charge in [0.25, 0.3) is 0 Å². The fourth-order valence-corrected chi connectivity index (χ4v) is 0.722. The molecule has 1 aliphatic carbocycles. The molecule has 0 amide bonds. The Bertz CT molecular complexity index is 55.1. The van der Waals surface area contributed by atoms with Gasteiger partial charge in [-0.15, -0.1) is 0 Å². The van der Waals surface area contributed by atoms with E-state index in [1.165, 1.54) is 0 Å². The van der Waals surface area contributed by atoms with E-state index in [-0.39, 0.29) is 0 Å². The minimum absolute atomic E-state index is 0.948. The zero-order chi connectivity index (χ0) is 5.28. The molecular weight excluding hydrogens is 124 g/mol. The molecule has 1 rings (SSSR count). The molecule has 0 aromatic heterocycles. The van der Waals surface area contributed by atoms with E-state index in [4.69, 9.17) is 0 Å². The lowest BCUT2D eigenvalue weighted by molar-refractivity contribution is 1.50. The van der Waals surface area contributed by atoms with Crippen molar-refractivity contribution < 1.29 is 0 Å². The molecule has 37 valence electrons. The van der Waals surface area contributed by atoms with Gasteiger partial charge in [-0.05, 0) is 19.3 Å². The quantitative estimate of drug-likeness (QED) is 0.455. The molecule has 5 radical (unpaired) electrons. The summed E-state index contributed by atoms with van der Waals surface area (Å²) in [6.45, 7) is 0. The van der Waals surface area contributed by atoms with Gasteiger partial charge in [0.2, 0.25) is 0 Å². The maximum atomic E-state index is 4.07. The second-order valence-corrected chi connectivity index (χ2v) is 2.26. The van der Waals surface area contributed by atoms with Crippen LogP contribution in [0.15, 0.2) is 0 Å². The summed E-state index contributed by atoms with van der Waals surface area (Å²) in [6.07, 6.45) is 5.74. The molecule has 2 heteroatoms. The van der Waals surface area contributed by atoms with Gasteiger partial charge in [-0.25, -0.2) is 0 Å². The normalized spacial score (nSPS) is 26.6. The molecule has 0 aromatic carbocycles. The van der Waals surface area contributed by atoms with E-state index in [9.17, 15) is 0 Å². The van der Waals surface area contributed by atoms with Crippen LogP contribution in [-0.2, 0) is 0 Å². The predicted molar refractivity (Wildman–Crippen MR) is 37.4 cm³/mol. The third kappa shape index (κ3) is 1.29. The van der Waals surface area contributed by atoms with Crippen LogP contribution >= 0.6 is 25.3 Å². The Balaban J connectivity index is 2.33. The van der Waals surface area contributed by atoms with Crippen LogP contribution in [0, 0.1) is 29.8 Å². The van der Waals surface area contributed by atoms with Crippen LogP contribution in [0.25, 0.3) is 0 Å². The minimum atomic E-state index is 0.948. The Morgan fingerprint density at radius 3 is 1.57 bits per heavy atom. The molecule has 0 aliphatic heterocycles. The van der Waals surface area contributed by atoms with Gasteiger partial charge in [0.05, 0.1) is 0 Å². The first-order valence-corrected chi connectivity index (χ1v) is 2.84. The van der Waals surface area contributed by atoms with Gasteiger partial charge in [0.15, 0.2) is 0 Å². The first kappa shape index (κ1) is 5.83. The molecule has 7 heavy (non-hydrogen) atoms. The lowest BCUT2D eigenvalue weighted by Crippen LogP contribution is -1.84. The van der Waals surface area contributed by atoms with E-state index in [1.54, 1.807) is 0 Å². The molecule has 0 heterocycles. The second kappa shape index (κ2) is 2.31. The Hall–Kier alpha value is 0.700. The Morgan fingerprint density at radius 1 is 1.00 bits per heavy atom. The maximum Gasteiger partial charge on any atom is 0.0486 e. The highest BCUT2D eigenvalue weighted by molar-refractivity contribution is 7.89. The van der Waals surface area contributed by atoms with Gasteiger partial charge in [-0.2, -0.15) is 25.3 Å². The van der Waals surface area contributed by atoms with E-state index in [0.29, 0.717) is 0 Å². The minimum Gasteiger partial charge on any atom is -0.169 e. The van der Waals surface area contributed by atoms with Crippen molar-refractivity contribution in [3.05, 3.63) is 29.8 Å². The zero-order valence-corrected chi connectivity index (χ0v) is 5.42. The van der Waals surface area contributed by atoms with Gasteiger partial charge in [0.1, 0.15) is 0 Å². The van der Waals surface area contributed by atoms with Crippen molar-refractivity contribution in [3.8, 4) is 0 Å². The van der Waals surface area contributed by atoms with E-state index in [0.717, 1.165) is 10.5 Å². The van der Waals surface area contributed by atoms with Gasteiger partial charge in [-0.1, -0.05) is 0 Å². The summed E-state index contributed by atoms with van der Waals surface area (Å²) >= 11 is 8.15. The van der Waals surface area contributed by atoms with Crippen molar-refractivity contribution in [3.63, 3.8) is 0 Å². The topological polar surface area (TPSA) is 0 Å². The van der Waals surface area contributed by atoms with Gasteiger partial charge >= 0.3 is 0 Å². The van der Waals surface area contributed by atoms with Crippen LogP contribution in [0.5, 0.6) is 0 Å². The van der Waals surface area contributed by atoms with Crippen LogP contribution in [0.3, 0.4) is 0 Å². The molecule has 0 atom stereocenters. The highest BCUT2D eigenvalue weighted by Crippen LogP contribution is 2.37. The largest absolute Gasteiger partial charge is 0.169 e. The summed E-state index contributed by atoms with van der Waals surface area (Å²) in [5.74, 6) is 0. The summed E-state index contributed by atoms with van der Waals surface area (Å²) in [5, 5.41) is 1.90. The number of hydrogen-bond acceptors (Lipinski definition) is 2. The monoisotopic (exact) mass is 129 g/mol. The van der Waals surface area contributed by atoms with E-state index in [1.807, 2.05) is 19.3 Å².